The Morgan fingerprint density at radius 2 is 1.55 bits per heavy atom. The standard InChI is InChI=1S/C17H33NO2/c1-3-4-5-6-7-8-9-10-11-12-13-14-15-16(18)17(19)20-2/h8-9,16H,3-7,10-15,18H2,1-2H3/b9-8-. The summed E-state index contributed by atoms with van der Waals surface area (Å²) in [6, 6.07) is -0.442. The molecule has 0 aliphatic heterocycles. The Balaban J connectivity index is 3.24. The van der Waals surface area contributed by atoms with Gasteiger partial charge < -0.3 is 10.5 Å². The molecule has 0 aromatic carbocycles. The van der Waals surface area contributed by atoms with Gasteiger partial charge in [-0.1, -0.05) is 57.6 Å². The number of allylic oxidation sites excluding steroid dienone is 2. The molecule has 1 atom stereocenters. The highest BCUT2D eigenvalue weighted by atomic mass is 16.5. The van der Waals surface area contributed by atoms with Crippen LogP contribution in [0.1, 0.15) is 77.6 Å². The number of carbonyl (C=O) groups is 1. The largest absolute Gasteiger partial charge is 0.468 e. The SMILES string of the molecule is CCCCCC/C=C\CCCCCCC(N)C(=O)OC. The van der Waals surface area contributed by atoms with Gasteiger partial charge in [-0.25, -0.2) is 0 Å². The third kappa shape index (κ3) is 12.2. The lowest BCUT2D eigenvalue weighted by Gasteiger charge is -2.08. The third-order valence-electron chi connectivity index (χ3n) is 3.53. The molecule has 20 heavy (non-hydrogen) atoms. The van der Waals surface area contributed by atoms with Gasteiger partial charge in [0.25, 0.3) is 0 Å². The zero-order valence-corrected chi connectivity index (χ0v) is 13.4. The van der Waals surface area contributed by atoms with Crippen molar-refractivity contribution >= 4 is 5.97 Å². The Kier molecular flexibility index (Phi) is 14.0. The Labute approximate surface area is 125 Å². The predicted molar refractivity (Wildman–Crippen MR) is 85.6 cm³/mol. The second-order valence-corrected chi connectivity index (χ2v) is 5.44. The number of hydrogen-bond acceptors (Lipinski definition) is 3. The molecule has 0 fully saturated rings. The summed E-state index contributed by atoms with van der Waals surface area (Å²) in [7, 11) is 1.39. The van der Waals surface area contributed by atoms with Crippen LogP contribution in [-0.2, 0) is 9.53 Å². The topological polar surface area (TPSA) is 52.3 Å². The van der Waals surface area contributed by atoms with Crippen molar-refractivity contribution in [1.82, 2.24) is 0 Å². The fourth-order valence-corrected chi connectivity index (χ4v) is 2.17. The van der Waals surface area contributed by atoms with Crippen molar-refractivity contribution in [2.45, 2.75) is 83.6 Å². The zero-order valence-electron chi connectivity index (χ0n) is 13.4. The number of nitrogens with two attached hydrogens (primary N) is 1. The summed E-state index contributed by atoms with van der Waals surface area (Å²) < 4.78 is 4.60. The van der Waals surface area contributed by atoms with Gasteiger partial charge >= 0.3 is 5.97 Å². The molecule has 0 amide bonds. The van der Waals surface area contributed by atoms with Crippen LogP contribution < -0.4 is 5.73 Å². The van der Waals surface area contributed by atoms with Crippen molar-refractivity contribution in [2.75, 3.05) is 7.11 Å². The average Bonchev–Trinajstić information content (AvgIpc) is 2.47. The molecule has 0 aliphatic carbocycles. The number of unbranched alkanes of at least 4 members (excludes halogenated alkanes) is 8. The van der Waals surface area contributed by atoms with E-state index in [9.17, 15) is 4.79 Å². The molecule has 3 heteroatoms. The van der Waals surface area contributed by atoms with Crippen molar-refractivity contribution in [3.05, 3.63) is 12.2 Å². The van der Waals surface area contributed by atoms with Gasteiger partial charge in [0.1, 0.15) is 6.04 Å². The first-order valence-electron chi connectivity index (χ1n) is 8.20. The molecule has 0 saturated carbocycles. The summed E-state index contributed by atoms with van der Waals surface area (Å²) >= 11 is 0. The van der Waals surface area contributed by atoms with E-state index in [-0.39, 0.29) is 5.97 Å². The van der Waals surface area contributed by atoms with Crippen LogP contribution in [0, 0.1) is 0 Å². The third-order valence-corrected chi connectivity index (χ3v) is 3.53. The molecule has 0 spiro atoms. The van der Waals surface area contributed by atoms with Gasteiger partial charge in [-0.2, -0.15) is 0 Å². The Morgan fingerprint density at radius 1 is 1.00 bits per heavy atom. The maximum atomic E-state index is 11.1. The molecule has 0 rings (SSSR count). The van der Waals surface area contributed by atoms with E-state index in [0.29, 0.717) is 0 Å². The molecule has 3 nitrogen and oxygen atoms in total. The van der Waals surface area contributed by atoms with Gasteiger partial charge in [0.15, 0.2) is 0 Å². The molecule has 1 unspecified atom stereocenters. The van der Waals surface area contributed by atoms with Gasteiger partial charge in [0.2, 0.25) is 0 Å². The van der Waals surface area contributed by atoms with Gasteiger partial charge in [-0.15, -0.1) is 0 Å². The van der Waals surface area contributed by atoms with Crippen molar-refractivity contribution in [2.24, 2.45) is 5.73 Å². The van der Waals surface area contributed by atoms with Crippen LogP contribution >= 0.6 is 0 Å². The van der Waals surface area contributed by atoms with E-state index < -0.39 is 6.04 Å². The van der Waals surface area contributed by atoms with E-state index >= 15 is 0 Å². The molecule has 118 valence electrons. The van der Waals surface area contributed by atoms with Crippen molar-refractivity contribution < 1.29 is 9.53 Å². The normalized spacial score (nSPS) is 12.8. The van der Waals surface area contributed by atoms with E-state index in [2.05, 4.69) is 23.8 Å². The van der Waals surface area contributed by atoms with Crippen molar-refractivity contribution in [3.63, 3.8) is 0 Å². The van der Waals surface area contributed by atoms with Crippen LogP contribution in [0.4, 0.5) is 0 Å². The fraction of sp³-hybridized carbons (Fsp3) is 0.824. The second-order valence-electron chi connectivity index (χ2n) is 5.44. The molecule has 0 aliphatic rings. The Hall–Kier alpha value is -0.830. The van der Waals surface area contributed by atoms with Crippen LogP contribution in [0.5, 0.6) is 0 Å². The molecule has 2 N–H and O–H groups in total. The molecule has 0 aromatic rings. The first kappa shape index (κ1) is 19.2. The van der Waals surface area contributed by atoms with Crippen LogP contribution in [0.3, 0.4) is 0 Å². The van der Waals surface area contributed by atoms with Gasteiger partial charge in [-0.05, 0) is 32.1 Å². The molecule has 0 saturated heterocycles. The number of carbonyl (C=O) groups excluding carboxylic acids is 1. The Morgan fingerprint density at radius 3 is 2.10 bits per heavy atom. The molecular weight excluding hydrogens is 250 g/mol. The summed E-state index contributed by atoms with van der Waals surface area (Å²) in [5.41, 5.74) is 5.67. The molecule has 0 bridgehead atoms. The molecular formula is C17H33NO2. The quantitative estimate of drug-likeness (QED) is 0.310. The maximum Gasteiger partial charge on any atom is 0.322 e. The highest BCUT2D eigenvalue weighted by Gasteiger charge is 2.12. The van der Waals surface area contributed by atoms with E-state index in [4.69, 9.17) is 5.73 Å². The van der Waals surface area contributed by atoms with E-state index in [1.54, 1.807) is 0 Å². The number of rotatable bonds is 13. The van der Waals surface area contributed by atoms with Crippen LogP contribution in [0.15, 0.2) is 12.2 Å². The minimum Gasteiger partial charge on any atom is -0.468 e. The van der Waals surface area contributed by atoms with E-state index in [1.807, 2.05) is 0 Å². The highest BCUT2D eigenvalue weighted by molar-refractivity contribution is 5.75. The number of hydrogen-bond donors (Lipinski definition) is 1. The smallest absolute Gasteiger partial charge is 0.322 e. The highest BCUT2D eigenvalue weighted by Crippen LogP contribution is 2.09. The Bertz CT molecular complexity index is 251. The van der Waals surface area contributed by atoms with Crippen LogP contribution in [0.25, 0.3) is 0 Å². The zero-order chi connectivity index (χ0) is 15.1. The minimum atomic E-state index is -0.442. The first-order valence-corrected chi connectivity index (χ1v) is 8.20. The molecule has 0 radical (unpaired) electrons. The molecule has 0 aromatic heterocycles. The van der Waals surface area contributed by atoms with Gasteiger partial charge in [0.05, 0.1) is 7.11 Å². The maximum absolute atomic E-state index is 11.1. The summed E-state index contributed by atoms with van der Waals surface area (Å²) in [5, 5.41) is 0. The van der Waals surface area contributed by atoms with Gasteiger partial charge in [-0.3, -0.25) is 4.79 Å². The lowest BCUT2D eigenvalue weighted by atomic mass is 10.1. The van der Waals surface area contributed by atoms with Crippen molar-refractivity contribution in [3.8, 4) is 0 Å². The summed E-state index contributed by atoms with van der Waals surface area (Å²) in [4.78, 5) is 11.1. The van der Waals surface area contributed by atoms with E-state index in [0.717, 1.165) is 19.3 Å². The lowest BCUT2D eigenvalue weighted by molar-refractivity contribution is -0.142. The summed E-state index contributed by atoms with van der Waals surface area (Å²) in [6.07, 6.45) is 17.8. The predicted octanol–water partition coefficient (Wildman–Crippen LogP) is 4.35. The van der Waals surface area contributed by atoms with Crippen LogP contribution in [-0.4, -0.2) is 19.1 Å². The fourth-order valence-electron chi connectivity index (χ4n) is 2.17. The lowest BCUT2D eigenvalue weighted by Crippen LogP contribution is -2.31. The molecule has 0 heterocycles. The van der Waals surface area contributed by atoms with Gasteiger partial charge in [0, 0.05) is 0 Å². The summed E-state index contributed by atoms with van der Waals surface area (Å²) in [6.45, 7) is 2.24. The average molecular weight is 283 g/mol. The van der Waals surface area contributed by atoms with Crippen molar-refractivity contribution in [1.29, 1.82) is 0 Å². The first-order chi connectivity index (χ1) is 9.72. The number of methoxy groups -OCH3 is 1. The number of esters is 1. The van der Waals surface area contributed by atoms with E-state index in [1.165, 1.54) is 58.5 Å². The number of ether oxygens (including phenoxy) is 1. The summed E-state index contributed by atoms with van der Waals surface area (Å²) in [5.74, 6) is -0.295. The second kappa shape index (κ2) is 14.6. The van der Waals surface area contributed by atoms with Crippen LogP contribution in [0.2, 0.25) is 0 Å². The monoisotopic (exact) mass is 283 g/mol. The minimum absolute atomic E-state index is 0.295.